The van der Waals surface area contributed by atoms with Crippen molar-refractivity contribution >= 4 is 44.0 Å². The van der Waals surface area contributed by atoms with Crippen LogP contribution >= 0.6 is 0 Å². The fourth-order valence-corrected chi connectivity index (χ4v) is 8.74. The molecule has 1 aromatic heterocycles. The van der Waals surface area contributed by atoms with E-state index in [9.17, 15) is 0 Å². The monoisotopic (exact) mass is 780 g/mol. The van der Waals surface area contributed by atoms with Crippen LogP contribution in [0.25, 0.3) is 88.6 Å². The minimum Gasteiger partial charge on any atom is -0.435 e. The molecule has 11 aromatic rings. The van der Waals surface area contributed by atoms with Gasteiger partial charge in [0.15, 0.2) is 5.58 Å². The van der Waals surface area contributed by atoms with Gasteiger partial charge >= 0.3 is 0 Å². The Morgan fingerprint density at radius 2 is 0.967 bits per heavy atom. The molecule has 3 heteroatoms. The lowest BCUT2D eigenvalue weighted by Crippen LogP contribution is -2.17. The topological polar surface area (TPSA) is 29.3 Å². The Bertz CT molecular complexity index is 3310. The number of anilines is 2. The molecule has 0 radical (unpaired) electrons. The lowest BCUT2D eigenvalue weighted by molar-refractivity contribution is 0.623. The Balaban J connectivity index is 0.959. The van der Waals surface area contributed by atoms with Crippen LogP contribution < -0.4 is 4.90 Å². The Hall–Kier alpha value is -8.01. The molecular weight excluding hydrogens is 741 g/mol. The molecule has 0 atom stereocenters. The van der Waals surface area contributed by atoms with Gasteiger partial charge in [-0.25, -0.2) is 4.98 Å². The van der Waals surface area contributed by atoms with Gasteiger partial charge in [-0.1, -0.05) is 170 Å². The number of hydrogen-bond donors (Lipinski definition) is 0. The van der Waals surface area contributed by atoms with Gasteiger partial charge < -0.3 is 9.32 Å². The summed E-state index contributed by atoms with van der Waals surface area (Å²) in [4.78, 5) is 7.23. The second-order valence-corrected chi connectivity index (χ2v) is 15.5. The van der Waals surface area contributed by atoms with Crippen molar-refractivity contribution in [3.63, 3.8) is 0 Å². The molecule has 288 valence electrons. The second-order valence-electron chi connectivity index (χ2n) is 15.5. The summed E-state index contributed by atoms with van der Waals surface area (Å²) in [5.74, 6) is 0.637. The third kappa shape index (κ3) is 6.92. The van der Waals surface area contributed by atoms with Crippen molar-refractivity contribution in [1.29, 1.82) is 0 Å². The van der Waals surface area contributed by atoms with E-state index in [1.807, 2.05) is 30.3 Å². The predicted molar refractivity (Wildman–Crippen MR) is 255 cm³/mol. The molecule has 61 heavy (non-hydrogen) atoms. The van der Waals surface area contributed by atoms with Crippen molar-refractivity contribution in [1.82, 2.24) is 4.98 Å². The first-order valence-corrected chi connectivity index (χ1v) is 20.8. The summed E-state index contributed by atoms with van der Waals surface area (Å²) in [5, 5.41) is 4.65. The number of oxazole rings is 1. The van der Waals surface area contributed by atoms with Gasteiger partial charge in [-0.15, -0.1) is 0 Å². The van der Waals surface area contributed by atoms with Crippen LogP contribution in [0, 0.1) is 0 Å². The SMILES string of the molecule is c1ccc(-c2ccc(CN(c3ccccc3)c3ccc(-c4ccccc4-c4ccc5c(ccc6nc(-c7ccccc7)oc65)c4)cc3)c(-c3cccc4ccccc34)c2)cc1. The maximum absolute atomic E-state index is 6.36. The summed E-state index contributed by atoms with van der Waals surface area (Å²) >= 11 is 0. The molecule has 0 aliphatic heterocycles. The van der Waals surface area contributed by atoms with E-state index in [4.69, 9.17) is 9.40 Å². The van der Waals surface area contributed by atoms with Crippen LogP contribution in [0.1, 0.15) is 5.56 Å². The summed E-state index contributed by atoms with van der Waals surface area (Å²) in [6, 6.07) is 82.4. The summed E-state index contributed by atoms with van der Waals surface area (Å²) in [6.45, 7) is 0.690. The van der Waals surface area contributed by atoms with E-state index < -0.39 is 0 Å². The molecule has 11 rings (SSSR count). The molecule has 0 saturated carbocycles. The van der Waals surface area contributed by atoms with Gasteiger partial charge in [-0.3, -0.25) is 0 Å². The van der Waals surface area contributed by atoms with E-state index in [2.05, 4.69) is 205 Å². The highest BCUT2D eigenvalue weighted by atomic mass is 16.3. The maximum atomic E-state index is 6.36. The highest BCUT2D eigenvalue weighted by molar-refractivity contribution is 6.05. The summed E-state index contributed by atoms with van der Waals surface area (Å²) < 4.78 is 6.36. The van der Waals surface area contributed by atoms with Crippen LogP contribution in [0.2, 0.25) is 0 Å². The fraction of sp³-hybridized carbons (Fsp3) is 0.0172. The quantitative estimate of drug-likeness (QED) is 0.146. The minimum absolute atomic E-state index is 0.637. The van der Waals surface area contributed by atoms with Crippen molar-refractivity contribution in [2.45, 2.75) is 6.54 Å². The molecule has 3 nitrogen and oxygen atoms in total. The van der Waals surface area contributed by atoms with E-state index in [1.54, 1.807) is 0 Å². The van der Waals surface area contributed by atoms with Gasteiger partial charge in [0.1, 0.15) is 5.52 Å². The van der Waals surface area contributed by atoms with Crippen LogP contribution in [-0.2, 0) is 6.54 Å². The van der Waals surface area contributed by atoms with Crippen LogP contribution in [0.15, 0.2) is 235 Å². The average Bonchev–Trinajstić information content (AvgIpc) is 3.79. The van der Waals surface area contributed by atoms with Crippen molar-refractivity contribution < 1.29 is 4.42 Å². The largest absolute Gasteiger partial charge is 0.435 e. The molecule has 0 spiro atoms. The second kappa shape index (κ2) is 15.6. The van der Waals surface area contributed by atoms with Crippen molar-refractivity contribution in [2.24, 2.45) is 0 Å². The number of para-hydroxylation sites is 1. The number of nitrogens with zero attached hydrogens (tertiary/aromatic N) is 2. The normalized spacial score (nSPS) is 11.3. The Morgan fingerprint density at radius 3 is 1.75 bits per heavy atom. The molecule has 0 amide bonds. The zero-order valence-corrected chi connectivity index (χ0v) is 33.4. The highest BCUT2D eigenvalue weighted by Gasteiger charge is 2.18. The number of rotatable bonds is 9. The third-order valence-corrected chi connectivity index (χ3v) is 11.8. The molecular formula is C58H40N2O. The van der Waals surface area contributed by atoms with Crippen molar-refractivity contribution in [2.75, 3.05) is 4.90 Å². The Kier molecular flexibility index (Phi) is 9.25. The first-order valence-electron chi connectivity index (χ1n) is 20.8. The number of hydrogen-bond acceptors (Lipinski definition) is 3. The molecule has 0 fully saturated rings. The van der Waals surface area contributed by atoms with Crippen molar-refractivity contribution in [3.8, 4) is 56.0 Å². The zero-order valence-electron chi connectivity index (χ0n) is 33.4. The molecule has 0 N–H and O–H groups in total. The van der Waals surface area contributed by atoms with E-state index in [0.717, 1.165) is 49.9 Å². The maximum Gasteiger partial charge on any atom is 0.227 e. The molecule has 0 saturated heterocycles. The van der Waals surface area contributed by atoms with Gasteiger partial charge in [0.05, 0.1) is 0 Å². The lowest BCUT2D eigenvalue weighted by atomic mass is 9.91. The number of fused-ring (bicyclic) bond motifs is 4. The third-order valence-electron chi connectivity index (χ3n) is 11.8. The predicted octanol–water partition coefficient (Wildman–Crippen LogP) is 15.8. The van der Waals surface area contributed by atoms with Gasteiger partial charge in [0.2, 0.25) is 5.89 Å². The van der Waals surface area contributed by atoms with Crippen LogP contribution in [0.3, 0.4) is 0 Å². The molecule has 0 aliphatic rings. The van der Waals surface area contributed by atoms with E-state index in [-0.39, 0.29) is 0 Å². The average molecular weight is 781 g/mol. The summed E-state index contributed by atoms with van der Waals surface area (Å²) in [5.41, 5.74) is 15.7. The molecule has 10 aromatic carbocycles. The summed E-state index contributed by atoms with van der Waals surface area (Å²) in [6.07, 6.45) is 0. The smallest absolute Gasteiger partial charge is 0.227 e. The van der Waals surface area contributed by atoms with E-state index >= 15 is 0 Å². The van der Waals surface area contributed by atoms with Crippen LogP contribution in [0.4, 0.5) is 11.4 Å². The first kappa shape index (κ1) is 36.1. The first-order chi connectivity index (χ1) is 30.2. The minimum atomic E-state index is 0.637. The zero-order chi connectivity index (χ0) is 40.5. The fourth-order valence-electron chi connectivity index (χ4n) is 8.74. The van der Waals surface area contributed by atoms with Crippen LogP contribution in [-0.4, -0.2) is 4.98 Å². The highest BCUT2D eigenvalue weighted by Crippen LogP contribution is 2.40. The Labute approximate surface area is 355 Å². The molecule has 0 unspecified atom stereocenters. The van der Waals surface area contributed by atoms with Crippen LogP contribution in [0.5, 0.6) is 0 Å². The van der Waals surface area contributed by atoms with E-state index in [1.165, 1.54) is 49.7 Å². The molecule has 0 bridgehead atoms. The van der Waals surface area contributed by atoms with Crippen molar-refractivity contribution in [3.05, 3.63) is 236 Å². The standard InChI is InChI=1S/C58H40N2O/c1-4-15-40(16-5-1)44-27-28-47(55(38-44)54-26-14-20-41-17-10-11-24-51(41)54)39-60(48-21-8-3-9-22-48)49-33-29-42(30-34-49)50-23-12-13-25-52(50)45-31-35-53-46(37-45)32-36-56-57(53)61-58(59-56)43-18-6-2-7-19-43/h1-38H,39H2. The molecule has 1 heterocycles. The lowest BCUT2D eigenvalue weighted by Gasteiger charge is -2.27. The van der Waals surface area contributed by atoms with Gasteiger partial charge in [-0.05, 0) is 127 Å². The van der Waals surface area contributed by atoms with E-state index in [0.29, 0.717) is 12.4 Å². The van der Waals surface area contributed by atoms with Gasteiger partial charge in [0.25, 0.3) is 0 Å². The summed E-state index contributed by atoms with van der Waals surface area (Å²) in [7, 11) is 0. The number of benzene rings is 10. The number of aromatic nitrogens is 1. The molecule has 0 aliphatic carbocycles. The van der Waals surface area contributed by atoms with Gasteiger partial charge in [0, 0.05) is 28.9 Å². The Morgan fingerprint density at radius 1 is 0.361 bits per heavy atom. The van der Waals surface area contributed by atoms with Gasteiger partial charge in [-0.2, -0.15) is 0 Å².